The second-order valence-corrected chi connectivity index (χ2v) is 6.60. The van der Waals surface area contributed by atoms with E-state index in [0.29, 0.717) is 13.0 Å². The summed E-state index contributed by atoms with van der Waals surface area (Å²) in [5.41, 5.74) is 0. The summed E-state index contributed by atoms with van der Waals surface area (Å²) in [6.07, 6.45) is 2.96. The molecule has 100 valence electrons. The van der Waals surface area contributed by atoms with E-state index in [4.69, 9.17) is 0 Å². The van der Waals surface area contributed by atoms with Gasteiger partial charge in [-0.1, -0.05) is 6.42 Å². The number of piperidine rings is 1. The highest BCUT2D eigenvalue weighted by Gasteiger charge is 2.32. The highest BCUT2D eigenvalue weighted by atomic mass is 32.2. The van der Waals surface area contributed by atoms with Gasteiger partial charge in [0.2, 0.25) is 0 Å². The fourth-order valence-corrected chi connectivity index (χ4v) is 3.86. The van der Waals surface area contributed by atoms with Crippen LogP contribution in [0.3, 0.4) is 0 Å². The van der Waals surface area contributed by atoms with Crippen LogP contribution in [-0.4, -0.2) is 37.1 Å². The van der Waals surface area contributed by atoms with Gasteiger partial charge >= 0.3 is 0 Å². The fourth-order valence-electron chi connectivity index (χ4n) is 2.19. The molecule has 0 aliphatic carbocycles. The van der Waals surface area contributed by atoms with Crippen molar-refractivity contribution in [3.63, 3.8) is 0 Å². The molecular weight excluding hydrogens is 240 g/mol. The van der Waals surface area contributed by atoms with E-state index in [1.165, 1.54) is 11.2 Å². The minimum atomic E-state index is -3.45. The molecule has 6 heteroatoms. The Morgan fingerprint density at radius 1 is 1.41 bits per heavy atom. The molecule has 0 saturated carbocycles. The maximum Gasteiger partial charge on any atom is 0.279 e. The van der Waals surface area contributed by atoms with Gasteiger partial charge in [0.1, 0.15) is 5.78 Å². The number of hydrogen-bond donors (Lipinski definition) is 1. The molecule has 17 heavy (non-hydrogen) atoms. The molecule has 1 heterocycles. The van der Waals surface area contributed by atoms with Crippen molar-refractivity contribution in [3.05, 3.63) is 0 Å². The number of rotatable bonds is 5. The summed E-state index contributed by atoms with van der Waals surface area (Å²) < 4.78 is 28.2. The maximum atomic E-state index is 12.1. The first-order valence-corrected chi connectivity index (χ1v) is 7.55. The van der Waals surface area contributed by atoms with Crippen molar-refractivity contribution in [1.29, 1.82) is 0 Å². The van der Waals surface area contributed by atoms with E-state index in [9.17, 15) is 13.2 Å². The Bertz CT molecular complexity index is 365. The van der Waals surface area contributed by atoms with Gasteiger partial charge in [0.25, 0.3) is 10.2 Å². The van der Waals surface area contributed by atoms with Crippen molar-refractivity contribution in [3.8, 4) is 0 Å². The number of carbonyl (C=O) groups excluding carboxylic acids is 1. The van der Waals surface area contributed by atoms with Gasteiger partial charge in [0.15, 0.2) is 0 Å². The van der Waals surface area contributed by atoms with E-state index >= 15 is 0 Å². The van der Waals surface area contributed by atoms with Gasteiger partial charge in [-0.2, -0.15) is 17.4 Å². The molecular formula is C11H22N2O3S. The molecule has 0 radical (unpaired) electrons. The zero-order chi connectivity index (χ0) is 13.1. The summed E-state index contributed by atoms with van der Waals surface area (Å²) in [6, 6.07) is -0.294. The Kier molecular flexibility index (Phi) is 5.09. The predicted octanol–water partition coefficient (Wildman–Crippen LogP) is 1.06. The summed E-state index contributed by atoms with van der Waals surface area (Å²) >= 11 is 0. The normalized spacial score (nSPS) is 22.9. The van der Waals surface area contributed by atoms with Gasteiger partial charge in [-0.25, -0.2) is 0 Å². The average Bonchev–Trinajstić information content (AvgIpc) is 2.15. The Hall–Kier alpha value is -0.460. The van der Waals surface area contributed by atoms with E-state index in [-0.39, 0.29) is 17.9 Å². The number of ketones is 1. The van der Waals surface area contributed by atoms with Gasteiger partial charge in [-0.15, -0.1) is 0 Å². The molecule has 0 bridgehead atoms. The van der Waals surface area contributed by atoms with Crippen LogP contribution in [0.15, 0.2) is 0 Å². The summed E-state index contributed by atoms with van der Waals surface area (Å²) in [7, 11) is -3.45. The monoisotopic (exact) mass is 262 g/mol. The van der Waals surface area contributed by atoms with E-state index in [2.05, 4.69) is 4.72 Å². The standard InChI is InChI=1S/C11H22N2O3S/c1-9(2)12-17(15,16)13-7-5-4-6-11(13)8-10(3)14/h9,11-12H,4-8H2,1-3H3. The molecule has 1 aliphatic rings. The number of nitrogens with zero attached hydrogens (tertiary/aromatic N) is 1. The zero-order valence-corrected chi connectivity index (χ0v) is 11.6. The Morgan fingerprint density at radius 2 is 2.06 bits per heavy atom. The quantitative estimate of drug-likeness (QED) is 0.805. The van der Waals surface area contributed by atoms with Gasteiger partial charge in [-0.3, -0.25) is 4.79 Å². The molecule has 1 N–H and O–H groups in total. The third-order valence-electron chi connectivity index (χ3n) is 2.79. The molecule has 0 amide bonds. The van der Waals surface area contributed by atoms with Crippen molar-refractivity contribution < 1.29 is 13.2 Å². The third kappa shape index (κ3) is 4.37. The first kappa shape index (κ1) is 14.6. The average molecular weight is 262 g/mol. The number of carbonyl (C=O) groups is 1. The van der Waals surface area contributed by atoms with Crippen molar-refractivity contribution >= 4 is 16.0 Å². The van der Waals surface area contributed by atoms with Crippen molar-refractivity contribution in [2.75, 3.05) is 6.54 Å². The van der Waals surface area contributed by atoms with E-state index in [1.807, 2.05) is 0 Å². The third-order valence-corrected chi connectivity index (χ3v) is 4.66. The molecule has 5 nitrogen and oxygen atoms in total. The predicted molar refractivity (Wildman–Crippen MR) is 66.8 cm³/mol. The van der Waals surface area contributed by atoms with Gasteiger partial charge in [0.05, 0.1) is 0 Å². The second-order valence-electron chi connectivity index (χ2n) is 4.94. The second kappa shape index (κ2) is 5.93. The van der Waals surface area contributed by atoms with E-state index < -0.39 is 10.2 Å². The van der Waals surface area contributed by atoms with Crippen LogP contribution in [0.2, 0.25) is 0 Å². The lowest BCUT2D eigenvalue weighted by atomic mass is 10.0. The molecule has 0 aromatic carbocycles. The summed E-state index contributed by atoms with van der Waals surface area (Å²) in [5, 5.41) is 0. The lowest BCUT2D eigenvalue weighted by Crippen LogP contribution is -2.51. The Balaban J connectivity index is 2.80. The van der Waals surface area contributed by atoms with Crippen molar-refractivity contribution in [2.45, 2.75) is 58.5 Å². The smallest absolute Gasteiger partial charge is 0.279 e. The molecule has 1 unspecified atom stereocenters. The first-order valence-electron chi connectivity index (χ1n) is 6.11. The van der Waals surface area contributed by atoms with Crippen LogP contribution in [0.5, 0.6) is 0 Å². The lowest BCUT2D eigenvalue weighted by Gasteiger charge is -2.34. The van der Waals surface area contributed by atoms with Gasteiger partial charge in [0, 0.05) is 25.0 Å². The topological polar surface area (TPSA) is 66.5 Å². The van der Waals surface area contributed by atoms with Crippen LogP contribution in [0.1, 0.15) is 46.5 Å². The molecule has 1 fully saturated rings. The minimum Gasteiger partial charge on any atom is -0.300 e. The molecule has 1 atom stereocenters. The van der Waals surface area contributed by atoms with Crippen LogP contribution < -0.4 is 4.72 Å². The number of Topliss-reactive ketones (excluding diaryl/α,β-unsaturated/α-hetero) is 1. The van der Waals surface area contributed by atoms with Crippen molar-refractivity contribution in [2.24, 2.45) is 0 Å². The molecule has 1 saturated heterocycles. The molecule has 0 spiro atoms. The Labute approximate surface area is 104 Å². The summed E-state index contributed by atoms with van der Waals surface area (Å²) in [4.78, 5) is 11.2. The van der Waals surface area contributed by atoms with E-state index in [0.717, 1.165) is 19.3 Å². The summed E-state index contributed by atoms with van der Waals surface area (Å²) in [5.74, 6) is 0.0432. The lowest BCUT2D eigenvalue weighted by molar-refractivity contribution is -0.118. The fraction of sp³-hybridized carbons (Fsp3) is 0.909. The number of nitrogens with one attached hydrogen (secondary N) is 1. The van der Waals surface area contributed by atoms with Gasteiger partial charge < -0.3 is 0 Å². The highest BCUT2D eigenvalue weighted by molar-refractivity contribution is 7.87. The van der Waals surface area contributed by atoms with Crippen LogP contribution in [-0.2, 0) is 15.0 Å². The van der Waals surface area contributed by atoms with Crippen LogP contribution in [0, 0.1) is 0 Å². The van der Waals surface area contributed by atoms with Crippen LogP contribution in [0.25, 0.3) is 0 Å². The first-order chi connectivity index (χ1) is 7.83. The minimum absolute atomic E-state index is 0.0432. The van der Waals surface area contributed by atoms with Gasteiger partial charge in [-0.05, 0) is 33.6 Å². The molecule has 1 rings (SSSR count). The van der Waals surface area contributed by atoms with Crippen LogP contribution in [0.4, 0.5) is 0 Å². The summed E-state index contributed by atoms with van der Waals surface area (Å²) in [6.45, 7) is 5.61. The molecule has 1 aliphatic heterocycles. The zero-order valence-electron chi connectivity index (χ0n) is 10.8. The SMILES string of the molecule is CC(=O)CC1CCCCN1S(=O)(=O)NC(C)C. The number of hydrogen-bond acceptors (Lipinski definition) is 3. The van der Waals surface area contributed by atoms with E-state index in [1.54, 1.807) is 13.8 Å². The molecule has 0 aromatic rings. The Morgan fingerprint density at radius 3 is 2.59 bits per heavy atom. The largest absolute Gasteiger partial charge is 0.300 e. The maximum absolute atomic E-state index is 12.1. The van der Waals surface area contributed by atoms with Crippen LogP contribution >= 0.6 is 0 Å². The van der Waals surface area contributed by atoms with Crippen molar-refractivity contribution in [1.82, 2.24) is 9.03 Å². The highest BCUT2D eigenvalue weighted by Crippen LogP contribution is 2.22. The molecule has 0 aromatic heterocycles.